The Kier molecular flexibility index (Phi) is 3.77. The van der Waals surface area contributed by atoms with Gasteiger partial charge in [-0.3, -0.25) is 4.79 Å². The number of hydrogen-bond acceptors (Lipinski definition) is 3. The lowest BCUT2D eigenvalue weighted by Crippen LogP contribution is -2.36. The monoisotopic (exact) mass is 345 g/mol. The zero-order chi connectivity index (χ0) is 17.5. The van der Waals surface area contributed by atoms with Gasteiger partial charge in [-0.2, -0.15) is 0 Å². The van der Waals surface area contributed by atoms with E-state index in [-0.39, 0.29) is 5.78 Å². The fourth-order valence-corrected chi connectivity index (χ4v) is 4.48. The summed E-state index contributed by atoms with van der Waals surface area (Å²) in [5, 5.41) is 0. The molecule has 4 heteroatoms. The highest BCUT2D eigenvalue weighted by Crippen LogP contribution is 2.32. The Morgan fingerprint density at radius 2 is 1.77 bits per heavy atom. The van der Waals surface area contributed by atoms with Crippen LogP contribution in [0, 0.1) is 5.92 Å². The van der Waals surface area contributed by atoms with Gasteiger partial charge in [0.15, 0.2) is 5.78 Å². The summed E-state index contributed by atoms with van der Waals surface area (Å²) < 4.78 is 2.27. The van der Waals surface area contributed by atoms with Crippen molar-refractivity contribution in [3.63, 3.8) is 0 Å². The molecule has 1 fully saturated rings. The molecule has 0 N–H and O–H groups in total. The molecule has 0 spiro atoms. The number of Topliss-reactive ketones (excluding diaryl/α,β-unsaturated/α-hetero) is 1. The molecule has 3 heterocycles. The zero-order valence-corrected chi connectivity index (χ0v) is 14.9. The maximum absolute atomic E-state index is 12.2. The number of para-hydroxylation sites is 1. The van der Waals surface area contributed by atoms with Crippen LogP contribution in [0.3, 0.4) is 0 Å². The predicted octanol–water partition coefficient (Wildman–Crippen LogP) is 4.08. The largest absolute Gasteiger partial charge is 0.342 e. The molecule has 0 unspecified atom stereocenters. The third-order valence-corrected chi connectivity index (χ3v) is 5.87. The van der Waals surface area contributed by atoms with Gasteiger partial charge < -0.3 is 9.47 Å². The average Bonchev–Trinajstić information content (AvgIpc) is 3.06. The first-order chi connectivity index (χ1) is 12.8. The van der Waals surface area contributed by atoms with Crippen LogP contribution in [-0.4, -0.2) is 28.4 Å². The number of rotatable bonds is 3. The molecule has 4 nitrogen and oxygen atoms in total. The maximum atomic E-state index is 12.2. The molecule has 2 aliphatic rings. The van der Waals surface area contributed by atoms with E-state index < -0.39 is 0 Å². The number of piperidine rings is 1. The summed E-state index contributed by atoms with van der Waals surface area (Å²) in [6, 6.07) is 16.7. The number of aryl methyl sites for hydroxylation is 1. The maximum Gasteiger partial charge on any atom is 0.206 e. The average molecular weight is 345 g/mol. The molecule has 1 saturated heterocycles. The number of hydrogen-bond donors (Lipinski definition) is 0. The number of imidazole rings is 1. The highest BCUT2D eigenvalue weighted by molar-refractivity contribution is 6.08. The quantitative estimate of drug-likeness (QED) is 0.718. The second kappa shape index (κ2) is 6.27. The second-order valence-electron chi connectivity index (χ2n) is 7.53. The number of nitrogens with zero attached hydrogens (tertiary/aromatic N) is 3. The minimum absolute atomic E-state index is 0.246. The van der Waals surface area contributed by atoms with Gasteiger partial charge in [0, 0.05) is 31.6 Å². The highest BCUT2D eigenvalue weighted by atomic mass is 16.1. The van der Waals surface area contributed by atoms with Crippen LogP contribution in [0.4, 0.5) is 5.95 Å². The Balaban J connectivity index is 1.37. The molecule has 2 aliphatic heterocycles. The zero-order valence-electron chi connectivity index (χ0n) is 14.9. The van der Waals surface area contributed by atoms with Crippen molar-refractivity contribution in [2.24, 2.45) is 5.92 Å². The number of carbonyl (C=O) groups is 1. The van der Waals surface area contributed by atoms with Gasteiger partial charge in [-0.05, 0) is 42.9 Å². The molecule has 2 aromatic carbocycles. The Morgan fingerprint density at radius 3 is 2.58 bits per heavy atom. The lowest BCUT2D eigenvalue weighted by Gasteiger charge is -2.33. The summed E-state index contributed by atoms with van der Waals surface area (Å²) in [5.41, 5.74) is 4.27. The van der Waals surface area contributed by atoms with E-state index >= 15 is 0 Å². The number of ketones is 1. The van der Waals surface area contributed by atoms with Crippen molar-refractivity contribution in [3.8, 4) is 0 Å². The standard InChI is InChI=1S/C22H23N3O/c26-20-11-14-25-21-18(20)7-4-8-19(21)23-22(25)24-12-9-17(10-13-24)15-16-5-2-1-3-6-16/h1-8,17H,9-15H2. The Bertz CT molecular complexity index is 952. The molecular weight excluding hydrogens is 322 g/mol. The van der Waals surface area contributed by atoms with Crippen molar-refractivity contribution < 1.29 is 4.79 Å². The molecule has 5 rings (SSSR count). The van der Waals surface area contributed by atoms with Crippen LogP contribution in [0.15, 0.2) is 48.5 Å². The van der Waals surface area contributed by atoms with Gasteiger partial charge in [0.25, 0.3) is 0 Å². The first-order valence-electron chi connectivity index (χ1n) is 9.61. The molecule has 132 valence electrons. The van der Waals surface area contributed by atoms with Gasteiger partial charge in [-0.25, -0.2) is 4.98 Å². The van der Waals surface area contributed by atoms with E-state index in [9.17, 15) is 4.79 Å². The molecular formula is C22H23N3O. The van der Waals surface area contributed by atoms with E-state index in [0.29, 0.717) is 6.42 Å². The van der Waals surface area contributed by atoms with Gasteiger partial charge in [-0.15, -0.1) is 0 Å². The highest BCUT2D eigenvalue weighted by Gasteiger charge is 2.27. The van der Waals surface area contributed by atoms with Crippen molar-refractivity contribution in [3.05, 3.63) is 59.7 Å². The lowest BCUT2D eigenvalue weighted by atomic mass is 9.90. The first kappa shape index (κ1) is 15.6. The SMILES string of the molecule is O=C1CCn2c(N3CCC(Cc4ccccc4)CC3)nc3cccc1c32. The van der Waals surface area contributed by atoms with Gasteiger partial charge in [0.05, 0.1) is 11.0 Å². The summed E-state index contributed by atoms with van der Waals surface area (Å²) in [6.07, 6.45) is 4.15. The van der Waals surface area contributed by atoms with Gasteiger partial charge in [-0.1, -0.05) is 36.4 Å². The van der Waals surface area contributed by atoms with E-state index in [2.05, 4.69) is 39.8 Å². The molecule has 1 aromatic heterocycles. The molecule has 3 aromatic rings. The molecule has 0 aliphatic carbocycles. The molecule has 0 bridgehead atoms. The van der Waals surface area contributed by atoms with E-state index in [1.54, 1.807) is 0 Å². The van der Waals surface area contributed by atoms with Crippen molar-refractivity contribution in [1.29, 1.82) is 0 Å². The summed E-state index contributed by atoms with van der Waals surface area (Å²) in [6.45, 7) is 2.85. The van der Waals surface area contributed by atoms with E-state index in [4.69, 9.17) is 4.98 Å². The van der Waals surface area contributed by atoms with Crippen molar-refractivity contribution >= 4 is 22.8 Å². The van der Waals surface area contributed by atoms with Crippen molar-refractivity contribution in [1.82, 2.24) is 9.55 Å². The Morgan fingerprint density at radius 1 is 0.962 bits per heavy atom. The molecule has 26 heavy (non-hydrogen) atoms. The summed E-state index contributed by atoms with van der Waals surface area (Å²) >= 11 is 0. The third kappa shape index (κ3) is 2.61. The smallest absolute Gasteiger partial charge is 0.206 e. The van der Waals surface area contributed by atoms with Crippen LogP contribution in [0.2, 0.25) is 0 Å². The van der Waals surface area contributed by atoms with Gasteiger partial charge in [0.1, 0.15) is 0 Å². The normalized spacial score (nSPS) is 17.8. The number of benzene rings is 2. The number of carbonyl (C=O) groups excluding carboxylic acids is 1. The summed E-state index contributed by atoms with van der Waals surface area (Å²) in [7, 11) is 0. The van der Waals surface area contributed by atoms with E-state index in [1.165, 1.54) is 24.8 Å². The molecule has 0 radical (unpaired) electrons. The molecule has 0 amide bonds. The van der Waals surface area contributed by atoms with Crippen LogP contribution in [0.5, 0.6) is 0 Å². The van der Waals surface area contributed by atoms with Gasteiger partial charge in [0.2, 0.25) is 5.95 Å². The van der Waals surface area contributed by atoms with Crippen LogP contribution in [-0.2, 0) is 13.0 Å². The third-order valence-electron chi connectivity index (χ3n) is 5.87. The number of aromatic nitrogens is 2. The summed E-state index contributed by atoms with van der Waals surface area (Å²) in [4.78, 5) is 19.5. The van der Waals surface area contributed by atoms with Crippen molar-refractivity contribution in [2.75, 3.05) is 18.0 Å². The minimum Gasteiger partial charge on any atom is -0.342 e. The first-order valence-corrected chi connectivity index (χ1v) is 9.61. The molecule has 0 atom stereocenters. The van der Waals surface area contributed by atoms with Crippen LogP contribution < -0.4 is 4.90 Å². The second-order valence-corrected chi connectivity index (χ2v) is 7.53. The van der Waals surface area contributed by atoms with Gasteiger partial charge >= 0.3 is 0 Å². The van der Waals surface area contributed by atoms with E-state index in [1.807, 2.05) is 18.2 Å². The van der Waals surface area contributed by atoms with Crippen LogP contribution >= 0.6 is 0 Å². The number of anilines is 1. The predicted molar refractivity (Wildman–Crippen MR) is 104 cm³/mol. The van der Waals surface area contributed by atoms with Crippen molar-refractivity contribution in [2.45, 2.75) is 32.2 Å². The Labute approximate surface area is 153 Å². The fourth-order valence-electron chi connectivity index (χ4n) is 4.48. The minimum atomic E-state index is 0.246. The topological polar surface area (TPSA) is 38.1 Å². The van der Waals surface area contributed by atoms with E-state index in [0.717, 1.165) is 48.1 Å². The Hall–Kier alpha value is -2.62. The fraction of sp³-hybridized carbons (Fsp3) is 0.364. The molecule has 0 saturated carbocycles. The van der Waals surface area contributed by atoms with Crippen LogP contribution in [0.1, 0.15) is 35.2 Å². The lowest BCUT2D eigenvalue weighted by molar-refractivity contribution is 0.0973. The summed E-state index contributed by atoms with van der Waals surface area (Å²) in [5.74, 6) is 2.05. The van der Waals surface area contributed by atoms with Crippen LogP contribution in [0.25, 0.3) is 11.0 Å².